The molecule has 0 spiro atoms. The van der Waals surface area contributed by atoms with E-state index < -0.39 is 24.0 Å². The molecule has 3 rings (SSSR count). The van der Waals surface area contributed by atoms with E-state index in [9.17, 15) is 19.5 Å². The fourth-order valence-electron chi connectivity index (χ4n) is 4.55. The Morgan fingerprint density at radius 1 is 0.951 bits per heavy atom. The molecule has 10 nitrogen and oxygen atoms in total. The van der Waals surface area contributed by atoms with Crippen LogP contribution in [0.1, 0.15) is 44.2 Å². The van der Waals surface area contributed by atoms with Crippen LogP contribution in [0.25, 0.3) is 6.08 Å². The van der Waals surface area contributed by atoms with Crippen molar-refractivity contribution in [2.75, 3.05) is 26.2 Å². The van der Waals surface area contributed by atoms with E-state index in [-0.39, 0.29) is 30.0 Å². The van der Waals surface area contributed by atoms with Gasteiger partial charge in [-0.05, 0) is 61.9 Å². The lowest BCUT2D eigenvalue weighted by atomic mass is 10.00. The van der Waals surface area contributed by atoms with Gasteiger partial charge < -0.3 is 36.8 Å². The van der Waals surface area contributed by atoms with Crippen molar-refractivity contribution < 1.29 is 24.2 Å². The number of carbonyl (C=O) groups excluding carboxylic acids is 3. The molecule has 0 bridgehead atoms. The molecular weight excluding hydrogens is 522 g/mol. The van der Waals surface area contributed by atoms with E-state index in [1.807, 2.05) is 50.3 Å². The summed E-state index contributed by atoms with van der Waals surface area (Å²) in [6.07, 6.45) is 5.88. The normalized spacial score (nSPS) is 21.9. The Hall–Kier alpha value is -3.89. The summed E-state index contributed by atoms with van der Waals surface area (Å²) < 4.78 is 6.01. The van der Waals surface area contributed by atoms with Gasteiger partial charge in [0.25, 0.3) is 0 Å². The molecule has 3 amide bonds. The Kier molecular flexibility index (Phi) is 12.6. The first kappa shape index (κ1) is 31.6. The minimum Gasteiger partial charge on any atom is -0.508 e. The molecule has 2 aromatic carbocycles. The highest BCUT2D eigenvalue weighted by Gasteiger charge is 2.30. The van der Waals surface area contributed by atoms with Crippen molar-refractivity contribution in [2.24, 2.45) is 11.7 Å². The molecule has 0 aromatic heterocycles. The van der Waals surface area contributed by atoms with Gasteiger partial charge in [0.2, 0.25) is 17.7 Å². The van der Waals surface area contributed by atoms with Crippen molar-refractivity contribution in [3.63, 3.8) is 0 Å². The maximum atomic E-state index is 13.5. The molecule has 222 valence electrons. The van der Waals surface area contributed by atoms with Crippen LogP contribution in [0.5, 0.6) is 11.5 Å². The van der Waals surface area contributed by atoms with Gasteiger partial charge >= 0.3 is 0 Å². The Bertz CT molecular complexity index is 1170. The van der Waals surface area contributed by atoms with Crippen LogP contribution in [0.3, 0.4) is 0 Å². The van der Waals surface area contributed by atoms with Crippen LogP contribution >= 0.6 is 0 Å². The first-order valence-electron chi connectivity index (χ1n) is 14.3. The van der Waals surface area contributed by atoms with Crippen molar-refractivity contribution in [3.8, 4) is 11.5 Å². The molecule has 0 saturated heterocycles. The summed E-state index contributed by atoms with van der Waals surface area (Å²) >= 11 is 0. The van der Waals surface area contributed by atoms with Crippen molar-refractivity contribution >= 4 is 23.8 Å². The number of ether oxygens (including phenoxy) is 1. The van der Waals surface area contributed by atoms with Gasteiger partial charge in [-0.25, -0.2) is 0 Å². The molecule has 0 fully saturated rings. The van der Waals surface area contributed by atoms with Gasteiger partial charge in [0.15, 0.2) is 0 Å². The Balaban J connectivity index is 1.88. The smallest absolute Gasteiger partial charge is 0.243 e. The fourth-order valence-corrected chi connectivity index (χ4v) is 4.55. The third kappa shape index (κ3) is 10.2. The number of aromatic hydroxyl groups is 1. The van der Waals surface area contributed by atoms with Crippen molar-refractivity contribution in [2.45, 2.75) is 57.7 Å². The van der Waals surface area contributed by atoms with Crippen LogP contribution in [0, 0.1) is 5.92 Å². The number of phenolic OH excluding ortho intramolecular Hbond substituents is 1. The monoisotopic (exact) mass is 565 g/mol. The summed E-state index contributed by atoms with van der Waals surface area (Å²) in [6.45, 7) is 5.15. The average Bonchev–Trinajstić information content (AvgIpc) is 2.95. The lowest BCUT2D eigenvalue weighted by Crippen LogP contribution is -2.58. The number of phenols is 1. The molecule has 0 aliphatic carbocycles. The molecule has 0 unspecified atom stereocenters. The molecular formula is C31H43N5O5. The zero-order chi connectivity index (χ0) is 29.6. The SMILES string of the molecule is CC(C)[C@H]1NC(=O)[C@@H](Cc2ccc(O)cc2)NCCOc2ccccc2/C=C/CNC(=O)[C@H](CCCCN)NC1=O. The van der Waals surface area contributed by atoms with Crippen LogP contribution < -0.4 is 31.7 Å². The van der Waals surface area contributed by atoms with E-state index in [0.717, 1.165) is 17.5 Å². The number of hydrogen-bond donors (Lipinski definition) is 6. The van der Waals surface area contributed by atoms with Gasteiger partial charge in [-0.1, -0.05) is 56.3 Å². The Morgan fingerprint density at radius 2 is 1.71 bits per heavy atom. The van der Waals surface area contributed by atoms with Crippen molar-refractivity contribution in [1.29, 1.82) is 0 Å². The van der Waals surface area contributed by atoms with Crippen LogP contribution in [-0.2, 0) is 20.8 Å². The number of benzene rings is 2. The summed E-state index contributed by atoms with van der Waals surface area (Å²) in [6, 6.07) is 11.9. The molecule has 2 aromatic rings. The minimum absolute atomic E-state index is 0.138. The van der Waals surface area contributed by atoms with Crippen LogP contribution in [0.2, 0.25) is 0 Å². The predicted molar refractivity (Wildman–Crippen MR) is 159 cm³/mol. The second kappa shape index (κ2) is 16.4. The average molecular weight is 566 g/mol. The lowest BCUT2D eigenvalue weighted by Gasteiger charge is -2.27. The van der Waals surface area contributed by atoms with Gasteiger partial charge in [0, 0.05) is 18.7 Å². The van der Waals surface area contributed by atoms with E-state index >= 15 is 0 Å². The molecule has 3 atom stereocenters. The van der Waals surface area contributed by atoms with Crippen molar-refractivity contribution in [1.82, 2.24) is 21.3 Å². The number of para-hydroxylation sites is 1. The minimum atomic E-state index is -0.849. The van der Waals surface area contributed by atoms with Gasteiger partial charge in [-0.2, -0.15) is 0 Å². The van der Waals surface area contributed by atoms with Gasteiger partial charge in [0.05, 0.1) is 6.04 Å². The van der Waals surface area contributed by atoms with Gasteiger partial charge in [-0.3, -0.25) is 14.4 Å². The van der Waals surface area contributed by atoms with E-state index in [1.165, 1.54) is 0 Å². The highest BCUT2D eigenvalue weighted by Crippen LogP contribution is 2.19. The summed E-state index contributed by atoms with van der Waals surface area (Å²) in [5, 5.41) is 21.6. The van der Waals surface area contributed by atoms with Gasteiger partial charge in [0.1, 0.15) is 30.2 Å². The summed E-state index contributed by atoms with van der Waals surface area (Å²) in [5.41, 5.74) is 7.35. The largest absolute Gasteiger partial charge is 0.508 e. The number of nitrogens with two attached hydrogens (primary N) is 1. The zero-order valence-corrected chi connectivity index (χ0v) is 23.9. The summed E-state index contributed by atoms with van der Waals surface area (Å²) in [5.74, 6) is -0.470. The molecule has 10 heteroatoms. The van der Waals surface area contributed by atoms with Gasteiger partial charge in [-0.15, -0.1) is 0 Å². The topological polar surface area (TPSA) is 155 Å². The maximum absolute atomic E-state index is 13.5. The molecule has 7 N–H and O–H groups in total. The maximum Gasteiger partial charge on any atom is 0.243 e. The van der Waals surface area contributed by atoms with E-state index in [2.05, 4.69) is 21.3 Å². The predicted octanol–water partition coefficient (Wildman–Crippen LogP) is 1.87. The molecule has 1 aliphatic heterocycles. The number of amides is 3. The van der Waals surface area contributed by atoms with E-state index in [1.54, 1.807) is 24.3 Å². The number of nitrogens with one attached hydrogen (secondary N) is 4. The van der Waals surface area contributed by atoms with E-state index in [4.69, 9.17) is 10.5 Å². The van der Waals surface area contributed by atoms with Crippen LogP contribution in [-0.4, -0.2) is 67.2 Å². The molecule has 0 radical (unpaired) electrons. The highest BCUT2D eigenvalue weighted by atomic mass is 16.5. The standard InChI is InChI=1S/C31H43N5O5/c1-21(2)28-31(40)35-25(10-5-6-16-32)29(38)34-17-7-9-23-8-3-4-11-27(23)41-19-18-33-26(30(39)36-28)20-22-12-14-24(37)15-13-22/h3-4,7-9,11-15,21,25-26,28,33,37H,5-6,10,16-20,32H2,1-2H3,(H,34,38)(H,35,40)(H,36,39)/b9-7+/t25-,26+,28+/m0/s1. The first-order chi connectivity index (χ1) is 19.8. The van der Waals surface area contributed by atoms with E-state index in [0.29, 0.717) is 44.7 Å². The van der Waals surface area contributed by atoms with Crippen LogP contribution in [0.4, 0.5) is 0 Å². The summed E-state index contributed by atoms with van der Waals surface area (Å²) in [7, 11) is 0. The number of carbonyl (C=O) groups is 3. The first-order valence-corrected chi connectivity index (χ1v) is 14.3. The highest BCUT2D eigenvalue weighted by molar-refractivity contribution is 5.93. The Morgan fingerprint density at radius 3 is 2.44 bits per heavy atom. The molecule has 41 heavy (non-hydrogen) atoms. The molecule has 1 heterocycles. The van der Waals surface area contributed by atoms with Crippen molar-refractivity contribution in [3.05, 3.63) is 65.7 Å². The third-order valence-electron chi connectivity index (χ3n) is 6.88. The number of rotatable bonds is 7. The second-order valence-electron chi connectivity index (χ2n) is 10.5. The number of hydrogen-bond acceptors (Lipinski definition) is 7. The second-order valence-corrected chi connectivity index (χ2v) is 10.5. The Labute approximate surface area is 242 Å². The molecule has 1 aliphatic rings. The molecule has 0 saturated carbocycles. The fraction of sp³-hybridized carbons (Fsp3) is 0.452. The lowest BCUT2D eigenvalue weighted by molar-refractivity contribution is -0.133. The summed E-state index contributed by atoms with van der Waals surface area (Å²) in [4.78, 5) is 40.0. The van der Waals surface area contributed by atoms with Crippen LogP contribution in [0.15, 0.2) is 54.6 Å². The zero-order valence-electron chi connectivity index (χ0n) is 23.9. The quantitative estimate of drug-likeness (QED) is 0.280. The third-order valence-corrected chi connectivity index (χ3v) is 6.88. The number of fused-ring (bicyclic) bond motifs is 1. The number of unbranched alkanes of at least 4 members (excludes halogenated alkanes) is 1.